The minimum absolute atomic E-state index is 0.00463. The fourth-order valence-corrected chi connectivity index (χ4v) is 0.249. The van der Waals surface area contributed by atoms with Crippen LogP contribution in [0.2, 0.25) is 0 Å². The Labute approximate surface area is 104 Å². The molecular weight excluding hydrogens is 222 g/mol. The molecule has 0 fully saturated rings. The summed E-state index contributed by atoms with van der Waals surface area (Å²) in [5.41, 5.74) is 0. The van der Waals surface area contributed by atoms with E-state index in [1.165, 1.54) is 25.7 Å². The van der Waals surface area contributed by atoms with Gasteiger partial charge in [-0.05, 0) is 6.92 Å². The van der Waals surface area contributed by atoms with Crippen LogP contribution in [0.1, 0.15) is 27.7 Å². The third-order valence-electron chi connectivity index (χ3n) is 1.41. The van der Waals surface area contributed by atoms with Crippen molar-refractivity contribution in [3.05, 3.63) is 0 Å². The lowest BCUT2D eigenvalue weighted by Gasteiger charge is -2.02. The first-order valence-electron chi connectivity index (χ1n) is 5.29. The fourth-order valence-electron chi connectivity index (χ4n) is 0.249. The van der Waals surface area contributed by atoms with E-state index in [0.717, 1.165) is 6.54 Å². The van der Waals surface area contributed by atoms with Gasteiger partial charge in [-0.2, -0.15) is 0 Å². The molecule has 0 bridgehead atoms. The molecule has 0 saturated heterocycles. The van der Waals surface area contributed by atoms with Gasteiger partial charge in [0, 0.05) is 48.5 Å². The Morgan fingerprint density at radius 3 is 1.29 bits per heavy atom. The molecule has 0 aromatic rings. The van der Waals surface area contributed by atoms with E-state index in [-0.39, 0.29) is 17.7 Å². The molecule has 6 heteroatoms. The molecule has 0 atom stereocenters. The highest BCUT2D eigenvalue weighted by Gasteiger charge is 1.87. The van der Waals surface area contributed by atoms with Crippen LogP contribution in [0.3, 0.4) is 0 Å². The molecule has 0 aromatic carbocycles. The summed E-state index contributed by atoms with van der Waals surface area (Å²) < 4.78 is 0. The van der Waals surface area contributed by atoms with E-state index < -0.39 is 0 Å². The van der Waals surface area contributed by atoms with Crippen LogP contribution in [-0.2, 0) is 14.4 Å². The van der Waals surface area contributed by atoms with Crippen molar-refractivity contribution in [2.24, 2.45) is 0 Å². The number of nitrogens with zero attached hydrogens (tertiary/aromatic N) is 1. The van der Waals surface area contributed by atoms with E-state index in [9.17, 15) is 14.4 Å². The quantitative estimate of drug-likeness (QED) is 0.684. The molecule has 0 aromatic heterocycles. The van der Waals surface area contributed by atoms with Crippen LogP contribution >= 0.6 is 0 Å². The van der Waals surface area contributed by atoms with E-state index in [0.29, 0.717) is 0 Å². The molecule has 0 heterocycles. The molecule has 0 aliphatic rings. The predicted molar refractivity (Wildman–Crippen MR) is 68.5 cm³/mol. The first-order chi connectivity index (χ1) is 7.68. The standard InChI is InChI=1S/2C4H9NO.C3H7NO/c1-4(6)5(2)3;1-3-5-4(2)6;1-3(5)4-2/h1-3H3;3H2,1-2H3,(H,5,6);1-2H3,(H,4,5). The third-order valence-corrected chi connectivity index (χ3v) is 1.41. The van der Waals surface area contributed by atoms with Crippen LogP contribution in [0.15, 0.2) is 0 Å². The van der Waals surface area contributed by atoms with Crippen LogP contribution < -0.4 is 10.6 Å². The highest BCUT2D eigenvalue weighted by molar-refractivity contribution is 5.73. The van der Waals surface area contributed by atoms with Crippen molar-refractivity contribution in [3.63, 3.8) is 0 Å². The summed E-state index contributed by atoms with van der Waals surface area (Å²) in [6.45, 7) is 7.13. The monoisotopic (exact) mass is 247 g/mol. The van der Waals surface area contributed by atoms with Gasteiger partial charge in [0.25, 0.3) is 0 Å². The second-order valence-electron chi connectivity index (χ2n) is 3.31. The van der Waals surface area contributed by atoms with E-state index in [2.05, 4.69) is 10.6 Å². The zero-order chi connectivity index (χ0) is 14.4. The van der Waals surface area contributed by atoms with E-state index in [1.54, 1.807) is 21.1 Å². The molecule has 0 radical (unpaired) electrons. The second kappa shape index (κ2) is 14.4. The largest absolute Gasteiger partial charge is 0.359 e. The number of carbonyl (C=O) groups is 3. The van der Waals surface area contributed by atoms with Gasteiger partial charge in [0.2, 0.25) is 17.7 Å². The number of nitrogens with one attached hydrogen (secondary N) is 2. The lowest BCUT2D eigenvalue weighted by atomic mass is 10.6. The van der Waals surface area contributed by atoms with Crippen molar-refractivity contribution in [1.82, 2.24) is 15.5 Å². The molecule has 6 nitrogen and oxygen atoms in total. The molecule has 0 rings (SSSR count). The van der Waals surface area contributed by atoms with Crippen molar-refractivity contribution >= 4 is 17.7 Å². The van der Waals surface area contributed by atoms with E-state index in [4.69, 9.17) is 0 Å². The molecular formula is C11H25N3O3. The maximum absolute atomic E-state index is 10.1. The maximum atomic E-state index is 10.1. The summed E-state index contributed by atoms with van der Waals surface area (Å²) >= 11 is 0. The van der Waals surface area contributed by atoms with Gasteiger partial charge < -0.3 is 15.5 Å². The van der Waals surface area contributed by atoms with Crippen molar-refractivity contribution < 1.29 is 14.4 Å². The lowest BCUT2D eigenvalue weighted by Crippen LogP contribution is -2.18. The van der Waals surface area contributed by atoms with Gasteiger partial charge in [-0.1, -0.05) is 0 Å². The molecule has 0 aliphatic heterocycles. The molecule has 102 valence electrons. The van der Waals surface area contributed by atoms with Crippen LogP contribution in [0.5, 0.6) is 0 Å². The van der Waals surface area contributed by atoms with Crippen LogP contribution in [0.4, 0.5) is 0 Å². The fraction of sp³-hybridized carbons (Fsp3) is 0.727. The second-order valence-corrected chi connectivity index (χ2v) is 3.31. The summed E-state index contributed by atoms with van der Waals surface area (Å²) in [6.07, 6.45) is 0. The zero-order valence-electron chi connectivity index (χ0n) is 11.9. The first kappa shape index (κ1) is 20.8. The molecule has 17 heavy (non-hydrogen) atoms. The smallest absolute Gasteiger partial charge is 0.218 e. The summed E-state index contributed by atoms with van der Waals surface area (Å²) in [4.78, 5) is 31.2. The Morgan fingerprint density at radius 2 is 1.29 bits per heavy atom. The average molecular weight is 247 g/mol. The van der Waals surface area contributed by atoms with Crippen LogP contribution in [-0.4, -0.2) is 50.3 Å². The molecule has 0 saturated carbocycles. The Morgan fingerprint density at radius 1 is 1.00 bits per heavy atom. The number of hydrogen-bond acceptors (Lipinski definition) is 3. The van der Waals surface area contributed by atoms with Gasteiger partial charge in [-0.15, -0.1) is 0 Å². The number of rotatable bonds is 1. The Bertz CT molecular complexity index is 228. The number of carbonyl (C=O) groups excluding carboxylic acids is 3. The summed E-state index contributed by atoms with van der Waals surface area (Å²) in [6, 6.07) is 0. The van der Waals surface area contributed by atoms with Crippen molar-refractivity contribution in [2.75, 3.05) is 27.7 Å². The topological polar surface area (TPSA) is 78.5 Å². The van der Waals surface area contributed by atoms with Gasteiger partial charge in [-0.3, -0.25) is 14.4 Å². The van der Waals surface area contributed by atoms with Gasteiger partial charge in [-0.25, -0.2) is 0 Å². The maximum Gasteiger partial charge on any atom is 0.218 e. The number of amides is 3. The molecule has 0 aliphatic carbocycles. The summed E-state index contributed by atoms with van der Waals surface area (Å²) in [7, 11) is 5.05. The average Bonchev–Trinajstić information content (AvgIpc) is 2.19. The normalized spacial score (nSPS) is 7.47. The third kappa shape index (κ3) is 40.4. The predicted octanol–water partition coefficient (Wildman–Crippen LogP) is -0.0108. The minimum Gasteiger partial charge on any atom is -0.359 e. The van der Waals surface area contributed by atoms with Crippen LogP contribution in [0, 0.1) is 0 Å². The van der Waals surface area contributed by atoms with Crippen molar-refractivity contribution in [3.8, 4) is 0 Å². The highest BCUT2D eigenvalue weighted by atomic mass is 16.2. The molecule has 3 amide bonds. The lowest BCUT2D eigenvalue weighted by molar-refractivity contribution is -0.126. The van der Waals surface area contributed by atoms with E-state index in [1.807, 2.05) is 6.92 Å². The van der Waals surface area contributed by atoms with Gasteiger partial charge in [0.1, 0.15) is 0 Å². The van der Waals surface area contributed by atoms with Gasteiger partial charge in [0.05, 0.1) is 0 Å². The van der Waals surface area contributed by atoms with E-state index >= 15 is 0 Å². The Hall–Kier alpha value is -1.59. The number of hydrogen-bond donors (Lipinski definition) is 2. The van der Waals surface area contributed by atoms with Crippen molar-refractivity contribution in [1.29, 1.82) is 0 Å². The molecule has 0 spiro atoms. The Kier molecular flexibility index (Phi) is 17.6. The SMILES string of the molecule is CC(=O)N(C)C.CCNC(C)=O.CNC(C)=O. The Balaban J connectivity index is -0.000000174. The molecule has 2 N–H and O–H groups in total. The zero-order valence-corrected chi connectivity index (χ0v) is 11.9. The van der Waals surface area contributed by atoms with Gasteiger partial charge >= 0.3 is 0 Å². The minimum atomic E-state index is 0.00463. The first-order valence-corrected chi connectivity index (χ1v) is 5.29. The van der Waals surface area contributed by atoms with Crippen LogP contribution in [0.25, 0.3) is 0 Å². The van der Waals surface area contributed by atoms with Crippen molar-refractivity contribution in [2.45, 2.75) is 27.7 Å². The van der Waals surface area contributed by atoms with Gasteiger partial charge in [0.15, 0.2) is 0 Å². The summed E-state index contributed by atoms with van der Waals surface area (Å²) in [5, 5.41) is 4.96. The molecule has 0 unspecified atom stereocenters. The highest BCUT2D eigenvalue weighted by Crippen LogP contribution is 1.69. The summed E-state index contributed by atoms with van der Waals surface area (Å²) in [5.74, 6) is 0.137.